The molecule has 130 valence electrons. The zero-order chi connectivity index (χ0) is 17.8. The number of Topliss-reactive ketones (excluding diaryl/α,β-unsaturated/α-hetero) is 1. The van der Waals surface area contributed by atoms with Crippen LogP contribution in [0.1, 0.15) is 42.1 Å². The summed E-state index contributed by atoms with van der Waals surface area (Å²) in [6.07, 6.45) is 3.27. The Labute approximate surface area is 155 Å². The molecule has 4 nitrogen and oxygen atoms in total. The van der Waals surface area contributed by atoms with Gasteiger partial charge in [-0.15, -0.1) is 0 Å². The summed E-state index contributed by atoms with van der Waals surface area (Å²) in [4.78, 5) is 26.2. The van der Waals surface area contributed by atoms with Gasteiger partial charge in [0.25, 0.3) is 11.7 Å². The van der Waals surface area contributed by atoms with Crippen LogP contribution in [0.3, 0.4) is 0 Å². The van der Waals surface area contributed by atoms with E-state index in [9.17, 15) is 9.59 Å². The van der Waals surface area contributed by atoms with Crippen LogP contribution >= 0.6 is 15.9 Å². The van der Waals surface area contributed by atoms with Gasteiger partial charge in [0.15, 0.2) is 0 Å². The minimum absolute atomic E-state index is 0.323. The first-order chi connectivity index (χ1) is 12.1. The Morgan fingerprint density at radius 1 is 1.08 bits per heavy atom. The number of ketones is 1. The molecule has 0 saturated heterocycles. The molecule has 2 aromatic carbocycles. The van der Waals surface area contributed by atoms with Crippen molar-refractivity contribution < 1.29 is 14.3 Å². The summed E-state index contributed by atoms with van der Waals surface area (Å²) < 4.78 is 6.67. The molecule has 0 N–H and O–H groups in total. The SMILES string of the molecule is CCCCCOc1ccccc1CN1C(=O)C(=O)c2cc(Br)ccc21. The van der Waals surface area contributed by atoms with Gasteiger partial charge in [-0.1, -0.05) is 53.9 Å². The van der Waals surface area contributed by atoms with E-state index in [2.05, 4.69) is 22.9 Å². The average Bonchev–Trinajstić information content (AvgIpc) is 2.84. The largest absolute Gasteiger partial charge is 0.493 e. The van der Waals surface area contributed by atoms with Gasteiger partial charge in [0.2, 0.25) is 0 Å². The molecule has 0 aliphatic carbocycles. The number of rotatable bonds is 7. The Morgan fingerprint density at radius 2 is 1.88 bits per heavy atom. The molecule has 0 aromatic heterocycles. The van der Waals surface area contributed by atoms with E-state index in [1.165, 1.54) is 4.90 Å². The fraction of sp³-hybridized carbons (Fsp3) is 0.300. The third-order valence-corrected chi connectivity index (χ3v) is 4.73. The fourth-order valence-electron chi connectivity index (χ4n) is 2.91. The zero-order valence-electron chi connectivity index (χ0n) is 14.1. The Balaban J connectivity index is 1.81. The number of fused-ring (bicyclic) bond motifs is 1. The van der Waals surface area contributed by atoms with Crippen LogP contribution in [0, 0.1) is 0 Å². The summed E-state index contributed by atoms with van der Waals surface area (Å²) in [7, 11) is 0. The molecule has 1 amide bonds. The maximum Gasteiger partial charge on any atom is 0.299 e. The van der Waals surface area contributed by atoms with Crippen LogP contribution in [0.2, 0.25) is 0 Å². The van der Waals surface area contributed by atoms with Gasteiger partial charge < -0.3 is 9.64 Å². The lowest BCUT2D eigenvalue weighted by Gasteiger charge is -2.19. The number of hydrogen-bond donors (Lipinski definition) is 0. The van der Waals surface area contributed by atoms with Crippen molar-refractivity contribution in [2.24, 2.45) is 0 Å². The summed E-state index contributed by atoms with van der Waals surface area (Å²) in [5.41, 5.74) is 2.00. The van der Waals surface area contributed by atoms with Gasteiger partial charge in [-0.2, -0.15) is 0 Å². The third-order valence-electron chi connectivity index (χ3n) is 4.24. The maximum atomic E-state index is 12.4. The number of carbonyl (C=O) groups excluding carboxylic acids is 2. The second-order valence-electron chi connectivity index (χ2n) is 6.05. The maximum absolute atomic E-state index is 12.4. The van der Waals surface area contributed by atoms with Gasteiger partial charge in [0.05, 0.1) is 24.4 Å². The van der Waals surface area contributed by atoms with Crippen LogP contribution in [0.4, 0.5) is 5.69 Å². The first-order valence-corrected chi connectivity index (χ1v) is 9.27. The van der Waals surface area contributed by atoms with E-state index in [0.29, 0.717) is 24.4 Å². The predicted molar refractivity (Wildman–Crippen MR) is 101 cm³/mol. The van der Waals surface area contributed by atoms with E-state index in [4.69, 9.17) is 4.74 Å². The summed E-state index contributed by atoms with van der Waals surface area (Å²) in [6.45, 7) is 3.13. The Morgan fingerprint density at radius 3 is 2.68 bits per heavy atom. The molecule has 5 heteroatoms. The van der Waals surface area contributed by atoms with Gasteiger partial charge in [0, 0.05) is 10.0 Å². The van der Waals surface area contributed by atoms with Gasteiger partial charge in [0.1, 0.15) is 5.75 Å². The third kappa shape index (κ3) is 3.76. The quantitative estimate of drug-likeness (QED) is 0.496. The minimum Gasteiger partial charge on any atom is -0.493 e. The minimum atomic E-state index is -0.492. The molecule has 25 heavy (non-hydrogen) atoms. The van der Waals surface area contributed by atoms with Gasteiger partial charge in [-0.05, 0) is 30.7 Å². The van der Waals surface area contributed by atoms with Crippen LogP contribution in [0.25, 0.3) is 0 Å². The van der Waals surface area contributed by atoms with Crippen molar-refractivity contribution in [2.75, 3.05) is 11.5 Å². The lowest BCUT2D eigenvalue weighted by Crippen LogP contribution is -2.29. The standard InChI is InChI=1S/C20H20BrNO3/c1-2-3-6-11-25-18-8-5-4-7-14(18)13-22-17-10-9-15(21)12-16(17)19(23)20(22)24/h4-5,7-10,12H,2-3,6,11,13H2,1H3. The van der Waals surface area contributed by atoms with Crippen LogP contribution in [-0.4, -0.2) is 18.3 Å². The molecule has 0 unspecified atom stereocenters. The molecule has 0 atom stereocenters. The topological polar surface area (TPSA) is 46.6 Å². The molecule has 0 bridgehead atoms. The molecule has 1 heterocycles. The second-order valence-corrected chi connectivity index (χ2v) is 6.96. The van der Waals surface area contributed by atoms with Crippen LogP contribution in [0.15, 0.2) is 46.9 Å². The van der Waals surface area contributed by atoms with Crippen molar-refractivity contribution in [1.29, 1.82) is 0 Å². The van der Waals surface area contributed by atoms with Crippen molar-refractivity contribution in [3.8, 4) is 5.75 Å². The van der Waals surface area contributed by atoms with Gasteiger partial charge in [-0.25, -0.2) is 0 Å². The number of unbranched alkanes of at least 4 members (excludes halogenated alkanes) is 2. The smallest absolute Gasteiger partial charge is 0.299 e. The lowest BCUT2D eigenvalue weighted by molar-refractivity contribution is -0.114. The number of benzene rings is 2. The summed E-state index contributed by atoms with van der Waals surface area (Å²) in [5.74, 6) is -0.184. The fourth-order valence-corrected chi connectivity index (χ4v) is 3.27. The molecule has 1 aliphatic heterocycles. The molecule has 2 aromatic rings. The average molecular weight is 402 g/mol. The normalized spacial score (nSPS) is 13.3. The molecular weight excluding hydrogens is 382 g/mol. The van der Waals surface area contributed by atoms with E-state index in [1.54, 1.807) is 12.1 Å². The van der Waals surface area contributed by atoms with Crippen molar-refractivity contribution in [3.05, 3.63) is 58.1 Å². The van der Waals surface area contributed by atoms with E-state index >= 15 is 0 Å². The second kappa shape index (κ2) is 7.83. The first-order valence-electron chi connectivity index (χ1n) is 8.48. The molecule has 0 radical (unpaired) electrons. The highest BCUT2D eigenvalue weighted by Crippen LogP contribution is 2.33. The first kappa shape index (κ1) is 17.7. The zero-order valence-corrected chi connectivity index (χ0v) is 15.7. The van der Waals surface area contributed by atoms with E-state index in [-0.39, 0.29) is 0 Å². The number of nitrogens with zero attached hydrogens (tertiary/aromatic N) is 1. The van der Waals surface area contributed by atoms with Crippen LogP contribution in [-0.2, 0) is 11.3 Å². The van der Waals surface area contributed by atoms with Gasteiger partial charge >= 0.3 is 0 Å². The molecular formula is C20H20BrNO3. The van der Waals surface area contributed by atoms with Crippen LogP contribution < -0.4 is 9.64 Å². The Bertz CT molecular complexity index is 803. The Kier molecular flexibility index (Phi) is 5.53. The number of ether oxygens (including phenoxy) is 1. The van der Waals surface area contributed by atoms with Crippen molar-refractivity contribution in [1.82, 2.24) is 0 Å². The van der Waals surface area contributed by atoms with Crippen LogP contribution in [0.5, 0.6) is 5.75 Å². The number of carbonyl (C=O) groups is 2. The van der Waals surface area contributed by atoms with Crippen molar-refractivity contribution >= 4 is 33.3 Å². The lowest BCUT2D eigenvalue weighted by atomic mass is 10.1. The highest BCUT2D eigenvalue weighted by atomic mass is 79.9. The number of para-hydroxylation sites is 1. The molecule has 1 aliphatic rings. The van der Waals surface area contributed by atoms with Gasteiger partial charge in [-0.3, -0.25) is 9.59 Å². The number of amides is 1. The molecule has 0 fully saturated rings. The van der Waals surface area contributed by atoms with E-state index in [1.807, 2.05) is 30.3 Å². The number of halogens is 1. The van der Waals surface area contributed by atoms with Crippen molar-refractivity contribution in [3.63, 3.8) is 0 Å². The number of anilines is 1. The Hall–Kier alpha value is -2.14. The predicted octanol–water partition coefficient (Wildman–Crippen LogP) is 4.75. The number of hydrogen-bond acceptors (Lipinski definition) is 3. The van der Waals surface area contributed by atoms with Crippen molar-refractivity contribution in [2.45, 2.75) is 32.7 Å². The highest BCUT2D eigenvalue weighted by molar-refractivity contribution is 9.10. The monoisotopic (exact) mass is 401 g/mol. The summed E-state index contributed by atoms with van der Waals surface area (Å²) >= 11 is 3.35. The molecule has 0 spiro atoms. The highest BCUT2D eigenvalue weighted by Gasteiger charge is 2.36. The summed E-state index contributed by atoms with van der Waals surface area (Å²) in [5, 5.41) is 0. The molecule has 3 rings (SSSR count). The summed E-state index contributed by atoms with van der Waals surface area (Å²) in [6, 6.07) is 13.0. The molecule has 0 saturated carbocycles. The van der Waals surface area contributed by atoms with E-state index in [0.717, 1.165) is 35.0 Å². The van der Waals surface area contributed by atoms with E-state index < -0.39 is 11.7 Å².